The van der Waals surface area contributed by atoms with E-state index in [1.165, 1.54) is 27.4 Å². The van der Waals surface area contributed by atoms with Crippen LogP contribution in [0.2, 0.25) is 0 Å². The fourth-order valence-electron chi connectivity index (χ4n) is 2.90. The minimum atomic E-state index is 0.407. The van der Waals surface area contributed by atoms with E-state index >= 15 is 0 Å². The number of thioether (sulfide) groups is 1. The quantitative estimate of drug-likeness (QED) is 0.606. The smallest absolute Gasteiger partial charge is 0.0520 e. The molecule has 0 saturated carbocycles. The van der Waals surface area contributed by atoms with Gasteiger partial charge in [0.25, 0.3) is 0 Å². The van der Waals surface area contributed by atoms with Gasteiger partial charge in [0.2, 0.25) is 0 Å². The molecule has 0 bridgehead atoms. The number of anilines is 1. The van der Waals surface area contributed by atoms with Crippen LogP contribution in [0.3, 0.4) is 0 Å². The molecule has 0 spiro atoms. The summed E-state index contributed by atoms with van der Waals surface area (Å²) in [6, 6.07) is 17.3. The molecular weight excluding hydrogens is 366 g/mol. The van der Waals surface area contributed by atoms with Gasteiger partial charge >= 0.3 is 0 Å². The van der Waals surface area contributed by atoms with Gasteiger partial charge < -0.3 is 5.32 Å². The molecule has 2 aromatic carbocycles. The van der Waals surface area contributed by atoms with Gasteiger partial charge in [-0.2, -0.15) is 0 Å². The Labute approximate surface area is 149 Å². The van der Waals surface area contributed by atoms with E-state index in [9.17, 15) is 0 Å². The summed E-state index contributed by atoms with van der Waals surface area (Å²) in [5.41, 5.74) is 5.14. The molecule has 1 aliphatic carbocycles. The zero-order chi connectivity index (χ0) is 15.6. The lowest BCUT2D eigenvalue weighted by Gasteiger charge is -2.16. The number of benzene rings is 2. The highest BCUT2D eigenvalue weighted by Gasteiger charge is 2.22. The van der Waals surface area contributed by atoms with E-state index in [0.717, 1.165) is 10.9 Å². The normalized spacial score (nSPS) is 19.4. The predicted octanol–water partition coefficient (Wildman–Crippen LogP) is 6.48. The lowest BCUT2D eigenvalue weighted by molar-refractivity contribution is 0.921. The van der Waals surface area contributed by atoms with E-state index in [1.807, 2.05) is 11.8 Å². The van der Waals surface area contributed by atoms with Crippen LogP contribution in [0.4, 0.5) is 5.69 Å². The van der Waals surface area contributed by atoms with Gasteiger partial charge in [-0.05, 0) is 35.4 Å². The molecule has 2 aromatic rings. The van der Waals surface area contributed by atoms with Crippen LogP contribution in [0, 0.1) is 0 Å². The summed E-state index contributed by atoms with van der Waals surface area (Å²) in [6.07, 6.45) is 9.55. The van der Waals surface area contributed by atoms with E-state index < -0.39 is 0 Å². The topological polar surface area (TPSA) is 12.0 Å². The van der Waals surface area contributed by atoms with Crippen molar-refractivity contribution in [1.82, 2.24) is 0 Å². The van der Waals surface area contributed by atoms with Gasteiger partial charge in [-0.1, -0.05) is 64.5 Å². The molecule has 1 atom stereocenters. The summed E-state index contributed by atoms with van der Waals surface area (Å²) in [4.78, 5) is 1.31. The van der Waals surface area contributed by atoms with Crippen LogP contribution in [-0.2, 0) is 0 Å². The highest BCUT2D eigenvalue weighted by atomic mass is 79.9. The lowest BCUT2D eigenvalue weighted by Crippen LogP contribution is -2.03. The Bertz CT molecular complexity index is 804. The molecule has 114 valence electrons. The average Bonchev–Trinajstić information content (AvgIpc) is 3.03. The van der Waals surface area contributed by atoms with Crippen LogP contribution in [-0.4, -0.2) is 0 Å². The van der Waals surface area contributed by atoms with Crippen molar-refractivity contribution < 1.29 is 0 Å². The molecule has 0 radical (unpaired) electrons. The van der Waals surface area contributed by atoms with Crippen molar-refractivity contribution in [2.24, 2.45) is 0 Å². The number of hydrogen-bond donors (Lipinski definition) is 1. The largest absolute Gasteiger partial charge is 0.357 e. The number of fused-ring (bicyclic) bond motifs is 1. The van der Waals surface area contributed by atoms with Crippen molar-refractivity contribution >= 4 is 33.4 Å². The van der Waals surface area contributed by atoms with E-state index in [0.29, 0.717) is 5.25 Å². The van der Waals surface area contributed by atoms with Crippen molar-refractivity contribution in [2.75, 3.05) is 5.32 Å². The summed E-state index contributed by atoms with van der Waals surface area (Å²) in [7, 11) is 0. The third-order valence-electron chi connectivity index (χ3n) is 4.08. The number of para-hydroxylation sites is 1. The zero-order valence-corrected chi connectivity index (χ0v) is 14.9. The van der Waals surface area contributed by atoms with Gasteiger partial charge in [-0.25, -0.2) is 0 Å². The third kappa shape index (κ3) is 3.17. The van der Waals surface area contributed by atoms with E-state index in [2.05, 4.69) is 94.1 Å². The maximum Gasteiger partial charge on any atom is 0.0520 e. The summed E-state index contributed by atoms with van der Waals surface area (Å²) in [6.45, 7) is 0. The molecule has 3 heteroatoms. The molecule has 1 aliphatic heterocycles. The van der Waals surface area contributed by atoms with E-state index in [1.54, 1.807) is 0 Å². The maximum atomic E-state index is 3.66. The van der Waals surface area contributed by atoms with Crippen molar-refractivity contribution in [1.29, 1.82) is 0 Å². The second-order valence-electron chi connectivity index (χ2n) is 5.64. The Morgan fingerprint density at radius 3 is 2.48 bits per heavy atom. The summed E-state index contributed by atoms with van der Waals surface area (Å²) in [5, 5.41) is 4.07. The number of allylic oxidation sites excluding steroid dienone is 6. The summed E-state index contributed by atoms with van der Waals surface area (Å²) < 4.78 is 1.12. The first-order valence-corrected chi connectivity index (χ1v) is 9.33. The maximum absolute atomic E-state index is 3.66. The molecule has 2 aliphatic rings. The first-order chi connectivity index (χ1) is 11.3. The molecule has 1 unspecified atom stereocenters. The van der Waals surface area contributed by atoms with Gasteiger partial charge in [-0.15, -0.1) is 11.8 Å². The van der Waals surface area contributed by atoms with Crippen LogP contribution in [0.5, 0.6) is 0 Å². The molecule has 0 aromatic heterocycles. The molecular formula is C20H16BrNS. The molecule has 0 saturated heterocycles. The standard InChI is InChI=1S/C20H16BrNS/c21-16-11-9-15(10-12-16)20-13-18(14-5-1-2-6-14)22-17-7-3-4-8-19(17)23-20/h1-12,20,22H,13H2. The molecule has 23 heavy (non-hydrogen) atoms. The fourth-order valence-corrected chi connectivity index (χ4v) is 4.41. The van der Waals surface area contributed by atoms with Crippen LogP contribution in [0.15, 0.2) is 93.5 Å². The Morgan fingerprint density at radius 1 is 0.957 bits per heavy atom. The Kier molecular flexibility index (Phi) is 4.15. The van der Waals surface area contributed by atoms with Crippen molar-refractivity contribution in [3.63, 3.8) is 0 Å². The number of rotatable bonds is 1. The monoisotopic (exact) mass is 381 g/mol. The van der Waals surface area contributed by atoms with E-state index in [4.69, 9.17) is 0 Å². The molecule has 1 N–H and O–H groups in total. The van der Waals surface area contributed by atoms with E-state index in [-0.39, 0.29) is 0 Å². The SMILES string of the molecule is Brc1ccc(C2CC(=C3C=CC=C3)Nc3ccccc3S2)cc1. The summed E-state index contributed by atoms with van der Waals surface area (Å²) in [5.74, 6) is 0. The predicted molar refractivity (Wildman–Crippen MR) is 103 cm³/mol. The van der Waals surface area contributed by atoms with Gasteiger partial charge in [-0.3, -0.25) is 0 Å². The Hall–Kier alpha value is -1.71. The Morgan fingerprint density at radius 2 is 1.70 bits per heavy atom. The first-order valence-electron chi connectivity index (χ1n) is 7.66. The minimum Gasteiger partial charge on any atom is -0.357 e. The number of nitrogens with one attached hydrogen (secondary N) is 1. The lowest BCUT2D eigenvalue weighted by atomic mass is 10.0. The van der Waals surface area contributed by atoms with Crippen LogP contribution in [0.25, 0.3) is 0 Å². The first kappa shape index (κ1) is 14.9. The van der Waals surface area contributed by atoms with Crippen molar-refractivity contribution in [3.8, 4) is 0 Å². The highest BCUT2D eigenvalue weighted by Crippen LogP contribution is 2.46. The number of halogens is 1. The highest BCUT2D eigenvalue weighted by molar-refractivity contribution is 9.10. The second kappa shape index (κ2) is 6.42. The fraction of sp³-hybridized carbons (Fsp3) is 0.100. The van der Waals surface area contributed by atoms with Crippen molar-refractivity contribution in [3.05, 3.63) is 94.1 Å². The minimum absolute atomic E-state index is 0.407. The van der Waals surface area contributed by atoms with Crippen LogP contribution < -0.4 is 5.32 Å². The Balaban J connectivity index is 1.78. The molecule has 4 rings (SSSR count). The molecule has 1 nitrogen and oxygen atoms in total. The van der Waals surface area contributed by atoms with Gasteiger partial charge in [0.1, 0.15) is 0 Å². The van der Waals surface area contributed by atoms with Gasteiger partial charge in [0, 0.05) is 26.7 Å². The average molecular weight is 382 g/mol. The molecule has 0 amide bonds. The van der Waals surface area contributed by atoms with Crippen LogP contribution in [0.1, 0.15) is 17.2 Å². The van der Waals surface area contributed by atoms with Crippen molar-refractivity contribution in [2.45, 2.75) is 16.6 Å². The third-order valence-corrected chi connectivity index (χ3v) is 5.95. The second-order valence-corrected chi connectivity index (χ2v) is 7.80. The molecule has 0 fully saturated rings. The number of hydrogen-bond acceptors (Lipinski definition) is 2. The zero-order valence-electron chi connectivity index (χ0n) is 12.5. The summed E-state index contributed by atoms with van der Waals surface area (Å²) >= 11 is 5.47. The van der Waals surface area contributed by atoms with Crippen LogP contribution >= 0.6 is 27.7 Å². The molecule has 1 heterocycles. The van der Waals surface area contributed by atoms with Gasteiger partial charge in [0.15, 0.2) is 0 Å². The van der Waals surface area contributed by atoms with Gasteiger partial charge in [0.05, 0.1) is 5.69 Å².